The molecule has 48 valence electrons. The van der Waals surface area contributed by atoms with Gasteiger partial charge in [-0.15, -0.1) is 0 Å². The number of fused-ring (bicyclic) bond motifs is 1. The van der Waals surface area contributed by atoms with Crippen LogP contribution < -0.4 is 11.9 Å². The van der Waals surface area contributed by atoms with Crippen molar-refractivity contribution in [2.45, 2.75) is 6.42 Å². The van der Waals surface area contributed by atoms with Gasteiger partial charge in [-0.2, -0.15) is 0 Å². The second kappa shape index (κ2) is 1.74. The Kier molecular flexibility index (Phi) is 1.18. The number of benzene rings is 1. The predicted molar refractivity (Wildman–Crippen MR) is 38.7 cm³/mol. The number of hydrogen-bond donors (Lipinski definition) is 2. The molecule has 1 aliphatic rings. The zero-order valence-electron chi connectivity index (χ0n) is 5.22. The highest BCUT2D eigenvalue weighted by atomic mass is 14.6. The van der Waals surface area contributed by atoms with E-state index in [4.69, 9.17) is 5.73 Å². The largest absolute Gasteiger partial charge is 0.398 e. The first-order chi connectivity index (χ1) is 3.88. The maximum Gasteiger partial charge on any atom is 0.0352 e. The van der Waals surface area contributed by atoms with Crippen molar-refractivity contribution in [2.75, 3.05) is 5.73 Å². The van der Waals surface area contributed by atoms with Crippen LogP contribution in [0.25, 0.3) is 0 Å². The summed E-state index contributed by atoms with van der Waals surface area (Å²) in [6.45, 7) is 0. The molecule has 1 aliphatic carbocycles. The van der Waals surface area contributed by atoms with E-state index in [1.165, 1.54) is 11.1 Å². The van der Waals surface area contributed by atoms with Gasteiger partial charge in [0, 0.05) is 12.1 Å². The van der Waals surface area contributed by atoms with Crippen LogP contribution in [0.3, 0.4) is 0 Å². The van der Waals surface area contributed by atoms with Crippen LogP contribution in [0.5, 0.6) is 0 Å². The second-order valence-corrected chi connectivity index (χ2v) is 2.16. The molecule has 0 spiro atoms. The van der Waals surface area contributed by atoms with Crippen LogP contribution >= 0.6 is 0 Å². The molecule has 0 heterocycles. The van der Waals surface area contributed by atoms with E-state index in [-0.39, 0.29) is 6.15 Å². The summed E-state index contributed by atoms with van der Waals surface area (Å²) in [4.78, 5) is 0. The van der Waals surface area contributed by atoms with E-state index in [1.54, 1.807) is 0 Å². The van der Waals surface area contributed by atoms with Gasteiger partial charge in [-0.1, -0.05) is 12.1 Å². The Labute approximate surface area is 54.3 Å². The summed E-state index contributed by atoms with van der Waals surface area (Å²) in [5.74, 6) is 0. The van der Waals surface area contributed by atoms with Gasteiger partial charge in [0.2, 0.25) is 0 Å². The fourth-order valence-electron chi connectivity index (χ4n) is 0.962. The van der Waals surface area contributed by atoms with Crippen molar-refractivity contribution in [3.05, 3.63) is 29.3 Å². The van der Waals surface area contributed by atoms with Crippen molar-refractivity contribution >= 4 is 5.69 Å². The molecule has 1 aromatic carbocycles. The van der Waals surface area contributed by atoms with Gasteiger partial charge >= 0.3 is 0 Å². The van der Waals surface area contributed by atoms with Gasteiger partial charge in [0.25, 0.3) is 0 Å². The summed E-state index contributed by atoms with van der Waals surface area (Å²) in [6.07, 6.45) is 1.12. The molecule has 9 heavy (non-hydrogen) atoms. The van der Waals surface area contributed by atoms with Crippen LogP contribution in [-0.2, 0) is 6.42 Å². The minimum atomic E-state index is 0. The van der Waals surface area contributed by atoms with Crippen molar-refractivity contribution in [2.24, 2.45) is 0 Å². The lowest BCUT2D eigenvalue weighted by Crippen LogP contribution is -1.80. The summed E-state index contributed by atoms with van der Waals surface area (Å²) in [5, 5.41) is 0. The normalized spacial score (nSPS) is 11.6. The van der Waals surface area contributed by atoms with Gasteiger partial charge in [-0.3, -0.25) is 0 Å². The van der Waals surface area contributed by atoms with Crippen LogP contribution in [0.15, 0.2) is 18.2 Å². The molecule has 2 heteroatoms. The lowest BCUT2D eigenvalue weighted by molar-refractivity contribution is 1.60. The monoisotopic (exact) mass is 122 g/mol. The molecule has 0 unspecified atom stereocenters. The Bertz CT molecular complexity index is 230. The summed E-state index contributed by atoms with van der Waals surface area (Å²) >= 11 is 0. The Hall–Kier alpha value is -1.02. The van der Waals surface area contributed by atoms with Crippen molar-refractivity contribution in [1.29, 1.82) is 0 Å². The zero-order valence-corrected chi connectivity index (χ0v) is 5.22. The van der Waals surface area contributed by atoms with Gasteiger partial charge in [-0.05, 0) is 17.2 Å². The van der Waals surface area contributed by atoms with Gasteiger partial charge in [0.15, 0.2) is 0 Å². The Morgan fingerprint density at radius 3 is 2.67 bits per heavy atom. The van der Waals surface area contributed by atoms with Gasteiger partial charge in [0.05, 0.1) is 0 Å². The third kappa shape index (κ3) is 0.771. The third-order valence-corrected chi connectivity index (χ3v) is 1.55. The summed E-state index contributed by atoms with van der Waals surface area (Å²) < 4.78 is 0. The van der Waals surface area contributed by atoms with Crippen molar-refractivity contribution < 1.29 is 0 Å². The van der Waals surface area contributed by atoms with Crippen LogP contribution in [0, 0.1) is 0 Å². The fraction of sp³-hybridized carbons (Fsp3) is 0.143. The third-order valence-electron chi connectivity index (χ3n) is 1.55. The summed E-state index contributed by atoms with van der Waals surface area (Å²) in [7, 11) is 0. The van der Waals surface area contributed by atoms with Crippen molar-refractivity contribution in [1.82, 2.24) is 6.15 Å². The molecule has 0 radical (unpaired) electrons. The average Bonchev–Trinajstić information content (AvgIpc) is 2.45. The van der Waals surface area contributed by atoms with Crippen LogP contribution in [0.1, 0.15) is 11.1 Å². The van der Waals surface area contributed by atoms with Gasteiger partial charge in [0.1, 0.15) is 0 Å². The summed E-state index contributed by atoms with van der Waals surface area (Å²) in [5.41, 5.74) is 9.31. The van der Waals surface area contributed by atoms with Gasteiger partial charge in [-0.25, -0.2) is 0 Å². The molecule has 0 aliphatic heterocycles. The van der Waals surface area contributed by atoms with E-state index < -0.39 is 0 Å². The van der Waals surface area contributed by atoms with Crippen LogP contribution in [0.2, 0.25) is 0 Å². The van der Waals surface area contributed by atoms with E-state index in [2.05, 4.69) is 6.07 Å². The Morgan fingerprint density at radius 2 is 2.11 bits per heavy atom. The van der Waals surface area contributed by atoms with Crippen molar-refractivity contribution in [3.63, 3.8) is 0 Å². The highest BCUT2D eigenvalue weighted by molar-refractivity contribution is 5.61. The molecule has 0 aromatic heterocycles. The SMILES string of the molecule is N.Nc1cccc2c1C2. The molecule has 1 aromatic rings. The lowest BCUT2D eigenvalue weighted by Gasteiger charge is -1.83. The maximum absolute atomic E-state index is 5.57. The molecule has 0 fully saturated rings. The zero-order chi connectivity index (χ0) is 5.56. The number of hydrogen-bond acceptors (Lipinski definition) is 2. The first-order valence-electron chi connectivity index (χ1n) is 2.74. The number of rotatable bonds is 0. The predicted octanol–water partition coefficient (Wildman–Crippen LogP) is 1.33. The van der Waals surface area contributed by atoms with E-state index in [0.717, 1.165) is 12.1 Å². The van der Waals surface area contributed by atoms with Gasteiger partial charge < -0.3 is 11.9 Å². The summed E-state index contributed by atoms with van der Waals surface area (Å²) in [6, 6.07) is 6.07. The molecule has 2 rings (SSSR count). The fourth-order valence-corrected chi connectivity index (χ4v) is 0.962. The van der Waals surface area contributed by atoms with E-state index in [9.17, 15) is 0 Å². The number of anilines is 1. The Balaban J connectivity index is 0.000000405. The van der Waals surface area contributed by atoms with Crippen LogP contribution in [-0.4, -0.2) is 0 Å². The highest BCUT2D eigenvalue weighted by Crippen LogP contribution is 2.32. The molecule has 0 amide bonds. The first kappa shape index (κ1) is 6.11. The quantitative estimate of drug-likeness (QED) is 0.518. The standard InChI is InChI=1S/C7H7N.H3N/c8-7-3-1-2-5-4-6(5)7;/h1-3H,4,8H2;1H3. The topological polar surface area (TPSA) is 61.0 Å². The smallest absolute Gasteiger partial charge is 0.0352 e. The van der Waals surface area contributed by atoms with Crippen LogP contribution in [0.4, 0.5) is 5.69 Å². The number of nitrogen functional groups attached to an aromatic ring is 1. The molecular formula is C7H10N2. The Morgan fingerprint density at radius 1 is 1.33 bits per heavy atom. The minimum absolute atomic E-state index is 0. The molecular weight excluding hydrogens is 112 g/mol. The molecule has 2 nitrogen and oxygen atoms in total. The van der Waals surface area contributed by atoms with E-state index in [0.29, 0.717) is 0 Å². The second-order valence-electron chi connectivity index (χ2n) is 2.16. The van der Waals surface area contributed by atoms with E-state index >= 15 is 0 Å². The molecule has 0 saturated heterocycles. The van der Waals surface area contributed by atoms with Crippen molar-refractivity contribution in [3.8, 4) is 0 Å². The maximum atomic E-state index is 5.57. The number of nitrogens with two attached hydrogens (primary N) is 1. The highest BCUT2D eigenvalue weighted by Gasteiger charge is 2.17. The average molecular weight is 122 g/mol. The molecule has 0 bridgehead atoms. The molecule has 0 atom stereocenters. The molecule has 0 saturated carbocycles. The first-order valence-corrected chi connectivity index (χ1v) is 2.74. The molecule has 5 N–H and O–H groups in total. The minimum Gasteiger partial charge on any atom is -0.398 e. The van der Waals surface area contributed by atoms with E-state index in [1.807, 2.05) is 12.1 Å². The lowest BCUT2D eigenvalue weighted by atomic mass is 10.3.